The maximum absolute atomic E-state index is 13.1. The van der Waals surface area contributed by atoms with Crippen molar-refractivity contribution in [1.82, 2.24) is 15.6 Å². The minimum Gasteiger partial charge on any atom is -0.357 e. The molecule has 0 aliphatic carbocycles. The van der Waals surface area contributed by atoms with Crippen LogP contribution in [0.1, 0.15) is 25.0 Å². The smallest absolute Gasteiger partial charge is 0.239 e. The first-order chi connectivity index (χ1) is 13.0. The Balaban J connectivity index is 1.73. The zero-order chi connectivity index (χ0) is 19.6. The fourth-order valence-electron chi connectivity index (χ4n) is 2.59. The number of anilines is 1. The second-order valence-corrected chi connectivity index (χ2v) is 6.06. The zero-order valence-electron chi connectivity index (χ0n) is 15.7. The second kappa shape index (κ2) is 10.3. The van der Waals surface area contributed by atoms with Gasteiger partial charge in [0.1, 0.15) is 11.6 Å². The number of nitrogens with zero attached hydrogens (tertiary/aromatic N) is 2. The van der Waals surface area contributed by atoms with Crippen molar-refractivity contribution in [3.05, 3.63) is 59.5 Å². The van der Waals surface area contributed by atoms with Crippen LogP contribution in [0.15, 0.2) is 42.6 Å². The van der Waals surface area contributed by atoms with Crippen molar-refractivity contribution in [3.8, 4) is 0 Å². The Bertz CT molecular complexity index is 761. The van der Waals surface area contributed by atoms with Crippen LogP contribution in [0, 0.1) is 5.82 Å². The van der Waals surface area contributed by atoms with Gasteiger partial charge in [0, 0.05) is 25.8 Å². The minimum atomic E-state index is -0.390. The average Bonchev–Trinajstić information content (AvgIpc) is 2.66. The van der Waals surface area contributed by atoms with Crippen molar-refractivity contribution in [3.63, 3.8) is 0 Å². The van der Waals surface area contributed by atoms with Gasteiger partial charge >= 0.3 is 0 Å². The molecule has 1 heterocycles. The molecule has 7 heteroatoms. The number of amides is 2. The predicted octanol–water partition coefficient (Wildman–Crippen LogP) is 2.04. The molecule has 1 aromatic heterocycles. The standard InChI is InChI=1S/C20H25FN4O2/c1-3-25(4-2)18-9-8-16(12-22-18)13-23-20(27)14-24-19(26)11-15-6-5-7-17(21)10-15/h5-10,12H,3-4,11,13-14H2,1-2H3,(H,23,27)(H,24,26). The molecule has 0 saturated carbocycles. The third-order valence-corrected chi connectivity index (χ3v) is 4.09. The van der Waals surface area contributed by atoms with Crippen LogP contribution in [-0.2, 0) is 22.6 Å². The summed E-state index contributed by atoms with van der Waals surface area (Å²) in [6.45, 7) is 6.12. The maximum Gasteiger partial charge on any atom is 0.239 e. The SMILES string of the molecule is CCN(CC)c1ccc(CNC(=O)CNC(=O)Cc2cccc(F)c2)cn1. The van der Waals surface area contributed by atoms with Gasteiger partial charge in [-0.2, -0.15) is 0 Å². The van der Waals surface area contributed by atoms with E-state index in [1.807, 2.05) is 12.1 Å². The number of halogens is 1. The van der Waals surface area contributed by atoms with Crippen LogP contribution in [0.2, 0.25) is 0 Å². The van der Waals surface area contributed by atoms with Crippen LogP contribution in [0.3, 0.4) is 0 Å². The summed E-state index contributed by atoms with van der Waals surface area (Å²) >= 11 is 0. The molecule has 0 aliphatic heterocycles. The zero-order valence-corrected chi connectivity index (χ0v) is 15.7. The molecule has 0 radical (unpaired) electrons. The molecule has 0 fully saturated rings. The van der Waals surface area contributed by atoms with E-state index in [0.29, 0.717) is 12.1 Å². The van der Waals surface area contributed by atoms with E-state index in [2.05, 4.69) is 34.4 Å². The van der Waals surface area contributed by atoms with Gasteiger partial charge in [-0.25, -0.2) is 9.37 Å². The van der Waals surface area contributed by atoms with E-state index in [9.17, 15) is 14.0 Å². The second-order valence-electron chi connectivity index (χ2n) is 6.06. The Kier molecular flexibility index (Phi) is 7.73. The molecule has 0 bridgehead atoms. The van der Waals surface area contributed by atoms with Gasteiger partial charge in [0.05, 0.1) is 13.0 Å². The van der Waals surface area contributed by atoms with Gasteiger partial charge in [-0.15, -0.1) is 0 Å². The van der Waals surface area contributed by atoms with Gasteiger partial charge in [-0.05, 0) is 43.2 Å². The van der Waals surface area contributed by atoms with Gasteiger partial charge in [0.25, 0.3) is 0 Å². The number of hydrogen-bond donors (Lipinski definition) is 2. The molecule has 0 unspecified atom stereocenters. The lowest BCUT2D eigenvalue weighted by Crippen LogP contribution is -2.37. The fourth-order valence-corrected chi connectivity index (χ4v) is 2.59. The molecule has 0 saturated heterocycles. The molecular formula is C20H25FN4O2. The first-order valence-corrected chi connectivity index (χ1v) is 8.99. The highest BCUT2D eigenvalue weighted by molar-refractivity contribution is 5.85. The molecule has 27 heavy (non-hydrogen) atoms. The number of carbonyl (C=O) groups excluding carboxylic acids is 2. The van der Waals surface area contributed by atoms with Crippen molar-refractivity contribution in [2.75, 3.05) is 24.5 Å². The van der Waals surface area contributed by atoms with Crippen LogP contribution in [0.4, 0.5) is 10.2 Å². The molecule has 0 spiro atoms. The lowest BCUT2D eigenvalue weighted by molar-refractivity contribution is -0.125. The fraction of sp³-hybridized carbons (Fsp3) is 0.350. The summed E-state index contributed by atoms with van der Waals surface area (Å²) in [5.41, 5.74) is 1.44. The number of hydrogen-bond acceptors (Lipinski definition) is 4. The highest BCUT2D eigenvalue weighted by Gasteiger charge is 2.08. The van der Waals surface area contributed by atoms with Gasteiger partial charge in [0.2, 0.25) is 11.8 Å². The molecule has 1 aromatic carbocycles. The highest BCUT2D eigenvalue weighted by atomic mass is 19.1. The quantitative estimate of drug-likeness (QED) is 0.706. The third kappa shape index (κ3) is 6.69. The van der Waals surface area contributed by atoms with E-state index >= 15 is 0 Å². The Morgan fingerprint density at radius 3 is 2.44 bits per heavy atom. The summed E-state index contributed by atoms with van der Waals surface area (Å²) in [7, 11) is 0. The topological polar surface area (TPSA) is 74.3 Å². The van der Waals surface area contributed by atoms with E-state index in [0.717, 1.165) is 24.5 Å². The maximum atomic E-state index is 13.1. The summed E-state index contributed by atoms with van der Waals surface area (Å²) in [6, 6.07) is 9.67. The van der Waals surface area contributed by atoms with Crippen LogP contribution < -0.4 is 15.5 Å². The normalized spacial score (nSPS) is 10.3. The van der Waals surface area contributed by atoms with Gasteiger partial charge in [-0.1, -0.05) is 18.2 Å². The first-order valence-electron chi connectivity index (χ1n) is 8.99. The number of carbonyl (C=O) groups is 2. The van der Waals surface area contributed by atoms with Crippen LogP contribution >= 0.6 is 0 Å². The number of benzene rings is 1. The largest absolute Gasteiger partial charge is 0.357 e. The molecule has 2 N–H and O–H groups in total. The number of rotatable bonds is 9. The summed E-state index contributed by atoms with van der Waals surface area (Å²) in [4.78, 5) is 30.2. The molecule has 2 amide bonds. The molecule has 0 atom stereocenters. The Labute approximate surface area is 158 Å². The Hall–Kier alpha value is -2.96. The average molecular weight is 372 g/mol. The minimum absolute atomic E-state index is 0.0295. The van der Waals surface area contributed by atoms with E-state index < -0.39 is 5.82 Å². The molecule has 0 aliphatic rings. The van der Waals surface area contributed by atoms with Crippen molar-refractivity contribution in [2.24, 2.45) is 0 Å². The highest BCUT2D eigenvalue weighted by Crippen LogP contribution is 2.10. The molecule has 144 valence electrons. The third-order valence-electron chi connectivity index (χ3n) is 4.09. The monoisotopic (exact) mass is 372 g/mol. The Morgan fingerprint density at radius 1 is 1.04 bits per heavy atom. The van der Waals surface area contributed by atoms with Crippen molar-refractivity contribution >= 4 is 17.6 Å². The molecule has 6 nitrogen and oxygen atoms in total. The molecule has 2 rings (SSSR count). The van der Waals surface area contributed by atoms with E-state index in [1.54, 1.807) is 18.3 Å². The summed E-state index contributed by atoms with van der Waals surface area (Å²) in [6.07, 6.45) is 1.76. The van der Waals surface area contributed by atoms with E-state index in [-0.39, 0.29) is 24.8 Å². The summed E-state index contributed by atoms with van der Waals surface area (Å²) < 4.78 is 13.1. The van der Waals surface area contributed by atoms with Crippen molar-refractivity contribution in [2.45, 2.75) is 26.8 Å². The van der Waals surface area contributed by atoms with Gasteiger partial charge < -0.3 is 15.5 Å². The summed E-state index contributed by atoms with van der Waals surface area (Å²) in [5, 5.41) is 5.27. The van der Waals surface area contributed by atoms with Crippen molar-refractivity contribution in [1.29, 1.82) is 0 Å². The van der Waals surface area contributed by atoms with Gasteiger partial charge in [0.15, 0.2) is 0 Å². The van der Waals surface area contributed by atoms with Crippen LogP contribution in [0.5, 0.6) is 0 Å². The lowest BCUT2D eigenvalue weighted by atomic mass is 10.1. The number of pyridine rings is 1. The van der Waals surface area contributed by atoms with Crippen LogP contribution in [-0.4, -0.2) is 36.4 Å². The summed E-state index contributed by atoms with van der Waals surface area (Å²) in [5.74, 6) is -0.116. The van der Waals surface area contributed by atoms with Gasteiger partial charge in [-0.3, -0.25) is 9.59 Å². The number of aromatic nitrogens is 1. The van der Waals surface area contributed by atoms with Crippen LogP contribution in [0.25, 0.3) is 0 Å². The van der Waals surface area contributed by atoms with Crippen molar-refractivity contribution < 1.29 is 14.0 Å². The Morgan fingerprint density at radius 2 is 1.81 bits per heavy atom. The van der Waals surface area contributed by atoms with E-state index in [4.69, 9.17) is 0 Å². The predicted molar refractivity (Wildman–Crippen MR) is 103 cm³/mol. The molecule has 2 aromatic rings. The van der Waals surface area contributed by atoms with E-state index in [1.165, 1.54) is 12.1 Å². The lowest BCUT2D eigenvalue weighted by Gasteiger charge is -2.19. The molecular weight excluding hydrogens is 347 g/mol. The first kappa shape index (κ1) is 20.4. The number of nitrogens with one attached hydrogen (secondary N) is 2.